The van der Waals surface area contributed by atoms with Gasteiger partial charge in [0.25, 0.3) is 0 Å². The summed E-state index contributed by atoms with van der Waals surface area (Å²) in [7, 11) is 0. The Labute approximate surface area is 111 Å². The zero-order chi connectivity index (χ0) is 13.5. The highest BCUT2D eigenvalue weighted by molar-refractivity contribution is 5.41. The molecule has 0 aliphatic rings. The minimum atomic E-state index is -0.687. The van der Waals surface area contributed by atoms with Gasteiger partial charge in [-0.3, -0.25) is 0 Å². The van der Waals surface area contributed by atoms with E-state index in [0.29, 0.717) is 18.0 Å². The summed E-state index contributed by atoms with van der Waals surface area (Å²) in [4.78, 5) is 0. The molecule has 1 heterocycles. The summed E-state index contributed by atoms with van der Waals surface area (Å²) in [6, 6.07) is 10.6. The van der Waals surface area contributed by atoms with Gasteiger partial charge in [-0.25, -0.2) is 0 Å². The van der Waals surface area contributed by atoms with Crippen molar-refractivity contribution in [1.29, 1.82) is 0 Å². The summed E-state index contributed by atoms with van der Waals surface area (Å²) in [5, 5.41) is 9.69. The number of rotatable bonds is 7. The molecule has 19 heavy (non-hydrogen) atoms. The molecule has 2 rings (SSSR count). The van der Waals surface area contributed by atoms with Gasteiger partial charge in [0.15, 0.2) is 0 Å². The van der Waals surface area contributed by atoms with Gasteiger partial charge in [0.05, 0.1) is 12.9 Å². The second-order valence-electron chi connectivity index (χ2n) is 4.13. The van der Waals surface area contributed by atoms with E-state index in [2.05, 4.69) is 0 Å². The zero-order valence-corrected chi connectivity index (χ0v) is 10.5. The first kappa shape index (κ1) is 13.5. The molecule has 0 saturated heterocycles. The lowest BCUT2D eigenvalue weighted by molar-refractivity contribution is 0.000882. The Balaban J connectivity index is 1.64. The van der Waals surface area contributed by atoms with E-state index in [4.69, 9.17) is 19.6 Å². The summed E-state index contributed by atoms with van der Waals surface area (Å²) in [5.41, 5.74) is 6.24. The molecular weight excluding hydrogens is 246 g/mol. The Kier molecular flexibility index (Phi) is 4.83. The highest BCUT2D eigenvalue weighted by Gasteiger charge is 2.06. The number of benzene rings is 1. The molecule has 1 aromatic heterocycles. The molecule has 102 valence electrons. The van der Waals surface area contributed by atoms with Crippen LogP contribution in [0.4, 0.5) is 5.69 Å². The molecule has 0 fully saturated rings. The minimum Gasteiger partial charge on any atom is -0.491 e. The first-order valence-corrected chi connectivity index (χ1v) is 6.00. The second-order valence-corrected chi connectivity index (χ2v) is 4.13. The van der Waals surface area contributed by atoms with Crippen molar-refractivity contribution in [3.8, 4) is 5.75 Å². The predicted molar refractivity (Wildman–Crippen MR) is 70.7 cm³/mol. The normalized spacial score (nSPS) is 12.3. The molecule has 0 aliphatic heterocycles. The molecule has 2 aromatic rings. The average Bonchev–Trinajstić information content (AvgIpc) is 2.91. The fourth-order valence-electron chi connectivity index (χ4n) is 1.49. The standard InChI is InChI=1S/C14H17NO4/c15-11-3-5-13(6-4-11)19-9-12(16)8-17-10-14-2-1-7-18-14/h1-7,12,16H,8-10,15H2. The van der Waals surface area contributed by atoms with Gasteiger partial charge in [0.2, 0.25) is 0 Å². The van der Waals surface area contributed by atoms with E-state index in [1.54, 1.807) is 36.6 Å². The van der Waals surface area contributed by atoms with E-state index in [0.717, 1.165) is 5.76 Å². The van der Waals surface area contributed by atoms with Crippen LogP contribution in [0.5, 0.6) is 5.75 Å². The van der Waals surface area contributed by atoms with Gasteiger partial charge in [-0.15, -0.1) is 0 Å². The van der Waals surface area contributed by atoms with Crippen molar-refractivity contribution in [3.63, 3.8) is 0 Å². The number of hydrogen-bond donors (Lipinski definition) is 2. The summed E-state index contributed by atoms with van der Waals surface area (Å²) in [5.74, 6) is 1.39. The Morgan fingerprint density at radius 3 is 2.63 bits per heavy atom. The third-order valence-corrected chi connectivity index (χ3v) is 2.46. The van der Waals surface area contributed by atoms with Crippen molar-refractivity contribution in [1.82, 2.24) is 0 Å². The Hall–Kier alpha value is -1.98. The van der Waals surface area contributed by atoms with Crippen LogP contribution in [0.3, 0.4) is 0 Å². The van der Waals surface area contributed by atoms with Crippen LogP contribution in [-0.4, -0.2) is 24.4 Å². The van der Waals surface area contributed by atoms with Crippen molar-refractivity contribution >= 4 is 5.69 Å². The molecule has 0 radical (unpaired) electrons. The average molecular weight is 263 g/mol. The lowest BCUT2D eigenvalue weighted by Gasteiger charge is -2.12. The molecule has 0 amide bonds. The highest BCUT2D eigenvalue weighted by atomic mass is 16.5. The van der Waals surface area contributed by atoms with Crippen molar-refractivity contribution in [2.75, 3.05) is 18.9 Å². The van der Waals surface area contributed by atoms with Crippen LogP contribution in [0.25, 0.3) is 0 Å². The monoisotopic (exact) mass is 263 g/mol. The summed E-state index contributed by atoms with van der Waals surface area (Å²) in [6.07, 6.45) is 0.895. The summed E-state index contributed by atoms with van der Waals surface area (Å²) >= 11 is 0. The van der Waals surface area contributed by atoms with Crippen LogP contribution in [0.1, 0.15) is 5.76 Å². The van der Waals surface area contributed by atoms with Gasteiger partial charge >= 0.3 is 0 Å². The van der Waals surface area contributed by atoms with Crippen LogP contribution in [-0.2, 0) is 11.3 Å². The number of furan rings is 1. The zero-order valence-electron chi connectivity index (χ0n) is 10.5. The molecular formula is C14H17NO4. The molecule has 0 saturated carbocycles. The number of nitrogen functional groups attached to an aromatic ring is 1. The van der Waals surface area contributed by atoms with Gasteiger partial charge in [0.1, 0.15) is 30.8 Å². The number of aliphatic hydroxyl groups is 1. The van der Waals surface area contributed by atoms with Crippen LogP contribution >= 0.6 is 0 Å². The third kappa shape index (κ3) is 4.65. The maximum Gasteiger partial charge on any atom is 0.129 e. The molecule has 0 bridgehead atoms. The topological polar surface area (TPSA) is 77.9 Å². The molecule has 0 aliphatic carbocycles. The van der Waals surface area contributed by atoms with Crippen molar-refractivity contribution in [2.24, 2.45) is 0 Å². The highest BCUT2D eigenvalue weighted by Crippen LogP contribution is 2.13. The summed E-state index contributed by atoms with van der Waals surface area (Å²) < 4.78 is 15.8. The SMILES string of the molecule is Nc1ccc(OCC(O)COCc2ccco2)cc1. The fourth-order valence-corrected chi connectivity index (χ4v) is 1.49. The predicted octanol–water partition coefficient (Wildman–Crippen LogP) is 1.82. The molecule has 1 unspecified atom stereocenters. The molecule has 3 N–H and O–H groups in total. The van der Waals surface area contributed by atoms with Crippen LogP contribution in [0, 0.1) is 0 Å². The van der Waals surface area contributed by atoms with Crippen LogP contribution < -0.4 is 10.5 Å². The lowest BCUT2D eigenvalue weighted by Crippen LogP contribution is -2.23. The molecule has 5 nitrogen and oxygen atoms in total. The Morgan fingerprint density at radius 1 is 1.16 bits per heavy atom. The maximum absolute atomic E-state index is 9.69. The van der Waals surface area contributed by atoms with Crippen molar-refractivity contribution in [3.05, 3.63) is 48.4 Å². The fraction of sp³-hybridized carbons (Fsp3) is 0.286. The number of anilines is 1. The number of nitrogens with two attached hydrogens (primary N) is 1. The van der Waals surface area contributed by atoms with E-state index in [-0.39, 0.29) is 13.2 Å². The van der Waals surface area contributed by atoms with Gasteiger partial charge in [-0.2, -0.15) is 0 Å². The van der Waals surface area contributed by atoms with E-state index < -0.39 is 6.10 Å². The third-order valence-electron chi connectivity index (χ3n) is 2.46. The minimum absolute atomic E-state index is 0.169. The number of ether oxygens (including phenoxy) is 2. The van der Waals surface area contributed by atoms with Gasteiger partial charge < -0.3 is 24.7 Å². The molecule has 1 aromatic carbocycles. The largest absolute Gasteiger partial charge is 0.491 e. The van der Waals surface area contributed by atoms with Crippen molar-refractivity contribution < 1.29 is 19.0 Å². The van der Waals surface area contributed by atoms with E-state index in [1.807, 2.05) is 6.07 Å². The van der Waals surface area contributed by atoms with Gasteiger partial charge in [0, 0.05) is 5.69 Å². The lowest BCUT2D eigenvalue weighted by atomic mass is 10.3. The van der Waals surface area contributed by atoms with Gasteiger partial charge in [-0.1, -0.05) is 0 Å². The molecule has 1 atom stereocenters. The quantitative estimate of drug-likeness (QED) is 0.745. The van der Waals surface area contributed by atoms with Crippen LogP contribution in [0.15, 0.2) is 47.1 Å². The van der Waals surface area contributed by atoms with E-state index in [9.17, 15) is 5.11 Å². The number of hydrogen-bond acceptors (Lipinski definition) is 5. The molecule has 5 heteroatoms. The molecule has 0 spiro atoms. The van der Waals surface area contributed by atoms with E-state index in [1.165, 1.54) is 0 Å². The number of aliphatic hydroxyl groups excluding tert-OH is 1. The summed E-state index contributed by atoms with van der Waals surface area (Å²) in [6.45, 7) is 0.698. The van der Waals surface area contributed by atoms with E-state index >= 15 is 0 Å². The first-order valence-electron chi connectivity index (χ1n) is 6.00. The Morgan fingerprint density at radius 2 is 1.95 bits per heavy atom. The smallest absolute Gasteiger partial charge is 0.129 e. The second kappa shape index (κ2) is 6.82. The first-order chi connectivity index (χ1) is 9.24. The van der Waals surface area contributed by atoms with Crippen molar-refractivity contribution in [2.45, 2.75) is 12.7 Å². The van der Waals surface area contributed by atoms with Gasteiger partial charge in [-0.05, 0) is 36.4 Å². The Bertz CT molecular complexity index is 467. The van der Waals surface area contributed by atoms with Crippen LogP contribution in [0.2, 0.25) is 0 Å². The maximum atomic E-state index is 9.69.